The highest BCUT2D eigenvalue weighted by molar-refractivity contribution is 5.66. The maximum Gasteiger partial charge on any atom is 0.303 e. The molecule has 1 N–H and O–H groups in total. The van der Waals surface area contributed by atoms with Crippen LogP contribution in [-0.2, 0) is 11.2 Å². The zero-order chi connectivity index (χ0) is 10.4. The van der Waals surface area contributed by atoms with E-state index in [0.717, 1.165) is 19.3 Å². The summed E-state index contributed by atoms with van der Waals surface area (Å²) in [5, 5.41) is 8.45. The molecule has 0 unspecified atom stereocenters. The summed E-state index contributed by atoms with van der Waals surface area (Å²) in [6, 6.07) is 8.36. The van der Waals surface area contributed by atoms with Gasteiger partial charge in [0.15, 0.2) is 0 Å². The molecule has 0 fully saturated rings. The third-order valence-corrected chi connectivity index (χ3v) is 2.19. The predicted molar refractivity (Wildman–Crippen MR) is 56.4 cm³/mol. The standard InChI is InChI=1S/C12H16O2/c1-10-5-4-7-11(9-10)6-2-3-8-12(13)14/h4-5,7,9H,2-3,6,8H2,1H3,(H,13,14). The number of carboxylic acid groups (broad SMARTS) is 1. The van der Waals surface area contributed by atoms with Gasteiger partial charge in [0.05, 0.1) is 0 Å². The van der Waals surface area contributed by atoms with Crippen LogP contribution in [0.25, 0.3) is 0 Å². The van der Waals surface area contributed by atoms with Crippen LogP contribution in [0, 0.1) is 6.92 Å². The highest BCUT2D eigenvalue weighted by Gasteiger charge is 1.97. The molecular weight excluding hydrogens is 176 g/mol. The Morgan fingerprint density at radius 2 is 2.14 bits per heavy atom. The van der Waals surface area contributed by atoms with Crippen molar-refractivity contribution in [1.29, 1.82) is 0 Å². The minimum Gasteiger partial charge on any atom is -0.481 e. The molecule has 1 rings (SSSR count). The summed E-state index contributed by atoms with van der Waals surface area (Å²) < 4.78 is 0. The molecule has 1 aromatic rings. The fourth-order valence-electron chi connectivity index (χ4n) is 1.47. The average Bonchev–Trinajstić information content (AvgIpc) is 2.12. The topological polar surface area (TPSA) is 37.3 Å². The molecule has 0 heterocycles. The number of carboxylic acids is 1. The summed E-state index contributed by atoms with van der Waals surface area (Å²) in [5.74, 6) is -0.700. The van der Waals surface area contributed by atoms with Crippen molar-refractivity contribution >= 4 is 5.97 Å². The van der Waals surface area contributed by atoms with Crippen LogP contribution in [0.3, 0.4) is 0 Å². The van der Waals surface area contributed by atoms with Gasteiger partial charge in [0.2, 0.25) is 0 Å². The normalized spacial score (nSPS) is 10.1. The Morgan fingerprint density at radius 3 is 2.79 bits per heavy atom. The summed E-state index contributed by atoms with van der Waals surface area (Å²) in [5.41, 5.74) is 2.57. The highest BCUT2D eigenvalue weighted by Crippen LogP contribution is 2.08. The molecule has 0 amide bonds. The van der Waals surface area contributed by atoms with Crippen molar-refractivity contribution in [3.8, 4) is 0 Å². The van der Waals surface area contributed by atoms with Crippen LogP contribution in [0.1, 0.15) is 30.4 Å². The lowest BCUT2D eigenvalue weighted by molar-refractivity contribution is -0.137. The number of rotatable bonds is 5. The largest absolute Gasteiger partial charge is 0.481 e. The van der Waals surface area contributed by atoms with E-state index in [4.69, 9.17) is 5.11 Å². The van der Waals surface area contributed by atoms with Gasteiger partial charge in [-0.05, 0) is 31.7 Å². The number of unbranched alkanes of at least 4 members (excludes halogenated alkanes) is 1. The van der Waals surface area contributed by atoms with Gasteiger partial charge < -0.3 is 5.11 Å². The lowest BCUT2D eigenvalue weighted by Gasteiger charge is -2.01. The summed E-state index contributed by atoms with van der Waals surface area (Å²) >= 11 is 0. The molecule has 0 aliphatic rings. The van der Waals surface area contributed by atoms with Crippen LogP contribution in [-0.4, -0.2) is 11.1 Å². The molecule has 0 atom stereocenters. The first kappa shape index (κ1) is 10.8. The molecule has 0 saturated carbocycles. The van der Waals surface area contributed by atoms with E-state index in [9.17, 15) is 4.79 Å². The molecule has 2 nitrogen and oxygen atoms in total. The quantitative estimate of drug-likeness (QED) is 0.728. The maximum atomic E-state index is 10.3. The summed E-state index contributed by atoms with van der Waals surface area (Å²) in [4.78, 5) is 10.3. The monoisotopic (exact) mass is 192 g/mol. The van der Waals surface area contributed by atoms with Crippen molar-refractivity contribution in [3.63, 3.8) is 0 Å². The fourth-order valence-corrected chi connectivity index (χ4v) is 1.47. The molecule has 0 radical (unpaired) electrons. The lowest BCUT2D eigenvalue weighted by atomic mass is 10.1. The average molecular weight is 192 g/mol. The number of aryl methyl sites for hydroxylation is 2. The second-order valence-electron chi connectivity index (χ2n) is 3.59. The smallest absolute Gasteiger partial charge is 0.303 e. The summed E-state index contributed by atoms with van der Waals surface area (Å²) in [6.07, 6.45) is 2.99. The number of hydrogen-bond donors (Lipinski definition) is 1. The molecule has 2 heteroatoms. The molecule has 0 aliphatic heterocycles. The van der Waals surface area contributed by atoms with Crippen LogP contribution in [0.15, 0.2) is 24.3 Å². The Bertz CT molecular complexity index is 305. The van der Waals surface area contributed by atoms with E-state index in [1.807, 2.05) is 6.07 Å². The van der Waals surface area contributed by atoms with Gasteiger partial charge in [0.1, 0.15) is 0 Å². The van der Waals surface area contributed by atoms with Crippen LogP contribution in [0.5, 0.6) is 0 Å². The first-order chi connectivity index (χ1) is 6.68. The molecule has 0 saturated heterocycles. The summed E-state index contributed by atoms with van der Waals surface area (Å²) in [6.45, 7) is 2.07. The van der Waals surface area contributed by atoms with Gasteiger partial charge in [-0.2, -0.15) is 0 Å². The van der Waals surface area contributed by atoms with E-state index < -0.39 is 5.97 Å². The van der Waals surface area contributed by atoms with E-state index in [0.29, 0.717) is 0 Å². The molecule has 1 aromatic carbocycles. The molecule has 0 aromatic heterocycles. The Labute approximate surface area is 84.6 Å². The molecule has 76 valence electrons. The van der Waals surface area contributed by atoms with E-state index in [2.05, 4.69) is 25.1 Å². The van der Waals surface area contributed by atoms with Crippen LogP contribution in [0.2, 0.25) is 0 Å². The Morgan fingerprint density at radius 1 is 1.36 bits per heavy atom. The molecule has 0 bridgehead atoms. The Balaban J connectivity index is 2.28. The molecule has 14 heavy (non-hydrogen) atoms. The van der Waals surface area contributed by atoms with Crippen molar-refractivity contribution in [2.75, 3.05) is 0 Å². The van der Waals surface area contributed by atoms with Crippen molar-refractivity contribution in [2.24, 2.45) is 0 Å². The summed E-state index contributed by atoms with van der Waals surface area (Å²) in [7, 11) is 0. The maximum absolute atomic E-state index is 10.3. The van der Waals surface area contributed by atoms with Gasteiger partial charge in [-0.1, -0.05) is 29.8 Å². The van der Waals surface area contributed by atoms with Gasteiger partial charge >= 0.3 is 5.97 Å². The second-order valence-corrected chi connectivity index (χ2v) is 3.59. The second kappa shape index (κ2) is 5.43. The van der Waals surface area contributed by atoms with Gasteiger partial charge in [-0.3, -0.25) is 4.79 Å². The number of hydrogen-bond acceptors (Lipinski definition) is 1. The predicted octanol–water partition coefficient (Wildman–Crippen LogP) is 2.79. The van der Waals surface area contributed by atoms with Crippen molar-refractivity contribution < 1.29 is 9.90 Å². The fraction of sp³-hybridized carbons (Fsp3) is 0.417. The zero-order valence-corrected chi connectivity index (χ0v) is 8.49. The molecule has 0 aliphatic carbocycles. The van der Waals surface area contributed by atoms with Crippen molar-refractivity contribution in [1.82, 2.24) is 0 Å². The minimum atomic E-state index is -0.700. The van der Waals surface area contributed by atoms with Gasteiger partial charge in [-0.25, -0.2) is 0 Å². The van der Waals surface area contributed by atoms with Gasteiger partial charge in [0.25, 0.3) is 0 Å². The van der Waals surface area contributed by atoms with Crippen molar-refractivity contribution in [3.05, 3.63) is 35.4 Å². The molecular formula is C12H16O2. The van der Waals surface area contributed by atoms with E-state index in [1.165, 1.54) is 11.1 Å². The van der Waals surface area contributed by atoms with E-state index in [1.54, 1.807) is 0 Å². The third-order valence-electron chi connectivity index (χ3n) is 2.19. The Kier molecular flexibility index (Phi) is 4.17. The first-order valence-electron chi connectivity index (χ1n) is 4.96. The van der Waals surface area contributed by atoms with Crippen LogP contribution < -0.4 is 0 Å². The van der Waals surface area contributed by atoms with E-state index >= 15 is 0 Å². The lowest BCUT2D eigenvalue weighted by Crippen LogP contribution is -1.94. The van der Waals surface area contributed by atoms with Gasteiger partial charge in [0, 0.05) is 6.42 Å². The van der Waals surface area contributed by atoms with E-state index in [-0.39, 0.29) is 6.42 Å². The SMILES string of the molecule is Cc1cccc(CCCCC(=O)O)c1. The minimum absolute atomic E-state index is 0.284. The highest BCUT2D eigenvalue weighted by atomic mass is 16.4. The number of aliphatic carboxylic acids is 1. The van der Waals surface area contributed by atoms with Gasteiger partial charge in [-0.15, -0.1) is 0 Å². The third kappa shape index (κ3) is 4.08. The Hall–Kier alpha value is -1.31. The number of carbonyl (C=O) groups is 1. The van der Waals surface area contributed by atoms with Crippen LogP contribution >= 0.6 is 0 Å². The zero-order valence-electron chi connectivity index (χ0n) is 8.49. The first-order valence-corrected chi connectivity index (χ1v) is 4.96. The molecule has 0 spiro atoms. The van der Waals surface area contributed by atoms with Crippen LogP contribution in [0.4, 0.5) is 0 Å². The number of benzene rings is 1. The van der Waals surface area contributed by atoms with Crippen molar-refractivity contribution in [2.45, 2.75) is 32.6 Å².